The average molecular weight is 168 g/mol. The lowest BCUT2D eigenvalue weighted by Gasteiger charge is -2.05. The first-order valence-corrected chi connectivity index (χ1v) is 3.66. The second kappa shape index (κ2) is 3.67. The van der Waals surface area contributed by atoms with Gasteiger partial charge in [0.1, 0.15) is 7.28 Å². The normalized spacial score (nSPS) is 10.0. The molecule has 0 heterocycles. The molecule has 0 atom stereocenters. The quantitative estimate of drug-likeness (QED) is 0.649. The van der Waals surface area contributed by atoms with Crippen LogP contribution in [0.1, 0.15) is 5.56 Å². The van der Waals surface area contributed by atoms with Crippen molar-refractivity contribution >= 4 is 12.7 Å². The molecule has 0 aliphatic heterocycles. The van der Waals surface area contributed by atoms with Crippen molar-refractivity contribution in [1.82, 2.24) is 0 Å². The maximum absolute atomic E-state index is 12.6. The van der Waals surface area contributed by atoms with Gasteiger partial charge in [0.25, 0.3) is 0 Å². The summed E-state index contributed by atoms with van der Waals surface area (Å²) in [6, 6.07) is 2.28. The molecule has 1 aromatic rings. The van der Waals surface area contributed by atoms with Crippen molar-refractivity contribution in [2.24, 2.45) is 5.73 Å². The number of nitrogens with two attached hydrogens (primary N) is 1. The van der Waals surface area contributed by atoms with Gasteiger partial charge in [0.2, 0.25) is 0 Å². The Bertz CT molecular complexity index is 260. The first-order valence-electron chi connectivity index (χ1n) is 3.66. The van der Waals surface area contributed by atoms with E-state index in [1.165, 1.54) is 0 Å². The molecular formula is C8H9BF2N. The second-order valence-electron chi connectivity index (χ2n) is 2.46. The molecule has 1 aromatic carbocycles. The Morgan fingerprint density at radius 1 is 1.33 bits per heavy atom. The lowest BCUT2D eigenvalue weighted by molar-refractivity contribution is 0.508. The maximum Gasteiger partial charge on any atom is 0.159 e. The summed E-state index contributed by atoms with van der Waals surface area (Å²) in [6.45, 7) is 1.97. The summed E-state index contributed by atoms with van der Waals surface area (Å²) in [5, 5.41) is 0. The molecule has 0 fully saturated rings. The van der Waals surface area contributed by atoms with E-state index in [9.17, 15) is 8.78 Å². The molecule has 1 nitrogen and oxygen atoms in total. The molecule has 1 radical (unpaired) electrons. The average Bonchev–Trinajstić information content (AvgIpc) is 2.09. The molecule has 0 bridgehead atoms. The van der Waals surface area contributed by atoms with Crippen LogP contribution in [0.4, 0.5) is 8.78 Å². The van der Waals surface area contributed by atoms with Gasteiger partial charge >= 0.3 is 0 Å². The van der Waals surface area contributed by atoms with E-state index in [4.69, 9.17) is 5.73 Å². The standard InChI is InChI=1S/C8H9BF2N/c1-9-6-3-8(11)7(10)2-5(6)4-12/h2-3H,4,12H2,1H3. The van der Waals surface area contributed by atoms with Crippen molar-refractivity contribution in [3.8, 4) is 0 Å². The van der Waals surface area contributed by atoms with Gasteiger partial charge in [-0.1, -0.05) is 12.3 Å². The number of halogens is 2. The van der Waals surface area contributed by atoms with Gasteiger partial charge in [-0.05, 0) is 17.7 Å². The first kappa shape index (κ1) is 9.19. The minimum absolute atomic E-state index is 0.219. The van der Waals surface area contributed by atoms with Crippen LogP contribution in [0.2, 0.25) is 6.82 Å². The third-order valence-electron chi connectivity index (χ3n) is 1.71. The summed E-state index contributed by atoms with van der Waals surface area (Å²) in [4.78, 5) is 0. The van der Waals surface area contributed by atoms with Crippen LogP contribution in [0.25, 0.3) is 0 Å². The van der Waals surface area contributed by atoms with Gasteiger partial charge in [-0.25, -0.2) is 8.78 Å². The fourth-order valence-electron chi connectivity index (χ4n) is 1.05. The molecule has 0 unspecified atom stereocenters. The smallest absolute Gasteiger partial charge is 0.159 e. The summed E-state index contributed by atoms with van der Waals surface area (Å²) in [7, 11) is 1.70. The van der Waals surface area contributed by atoms with Crippen LogP contribution in [0, 0.1) is 11.6 Å². The van der Waals surface area contributed by atoms with Crippen molar-refractivity contribution in [3.63, 3.8) is 0 Å². The highest BCUT2D eigenvalue weighted by Gasteiger charge is 2.06. The van der Waals surface area contributed by atoms with Crippen LogP contribution in [0.3, 0.4) is 0 Å². The predicted molar refractivity (Wildman–Crippen MR) is 45.5 cm³/mol. The Kier molecular flexibility index (Phi) is 2.81. The Morgan fingerprint density at radius 3 is 2.42 bits per heavy atom. The van der Waals surface area contributed by atoms with Gasteiger partial charge in [-0.2, -0.15) is 0 Å². The zero-order valence-electron chi connectivity index (χ0n) is 6.77. The lowest BCUT2D eigenvalue weighted by atomic mass is 9.71. The summed E-state index contributed by atoms with van der Waals surface area (Å²) in [5.41, 5.74) is 6.61. The fourth-order valence-corrected chi connectivity index (χ4v) is 1.05. The van der Waals surface area contributed by atoms with Crippen molar-refractivity contribution in [2.45, 2.75) is 13.4 Å². The largest absolute Gasteiger partial charge is 0.327 e. The Hall–Kier alpha value is -0.895. The molecule has 0 saturated heterocycles. The van der Waals surface area contributed by atoms with Crippen LogP contribution < -0.4 is 11.2 Å². The van der Waals surface area contributed by atoms with Crippen LogP contribution >= 0.6 is 0 Å². The molecule has 4 heteroatoms. The van der Waals surface area contributed by atoms with E-state index in [0.717, 1.165) is 12.1 Å². The van der Waals surface area contributed by atoms with Crippen LogP contribution in [-0.2, 0) is 6.54 Å². The number of rotatable bonds is 2. The van der Waals surface area contributed by atoms with Crippen molar-refractivity contribution < 1.29 is 8.78 Å². The van der Waals surface area contributed by atoms with E-state index >= 15 is 0 Å². The van der Waals surface area contributed by atoms with Gasteiger partial charge in [-0.3, -0.25) is 0 Å². The zero-order valence-corrected chi connectivity index (χ0v) is 6.77. The highest BCUT2D eigenvalue weighted by atomic mass is 19.2. The third kappa shape index (κ3) is 1.64. The monoisotopic (exact) mass is 168 g/mol. The molecule has 0 aliphatic rings. The maximum atomic E-state index is 12.6. The number of benzene rings is 1. The van der Waals surface area contributed by atoms with E-state index in [1.54, 1.807) is 14.1 Å². The fraction of sp³-hybridized carbons (Fsp3) is 0.250. The van der Waals surface area contributed by atoms with Gasteiger partial charge < -0.3 is 5.73 Å². The highest BCUT2D eigenvalue weighted by Crippen LogP contribution is 2.05. The molecule has 1 rings (SSSR count). The summed E-state index contributed by atoms with van der Waals surface area (Å²) >= 11 is 0. The molecule has 12 heavy (non-hydrogen) atoms. The van der Waals surface area contributed by atoms with Crippen LogP contribution in [0.5, 0.6) is 0 Å². The first-order chi connectivity index (χ1) is 5.69. The topological polar surface area (TPSA) is 26.0 Å². The highest BCUT2D eigenvalue weighted by molar-refractivity contribution is 6.52. The SMILES string of the molecule is C[B]c1cc(F)c(F)cc1CN. The molecular weight excluding hydrogens is 159 g/mol. The van der Waals surface area contributed by atoms with E-state index < -0.39 is 11.6 Å². The molecule has 0 spiro atoms. The van der Waals surface area contributed by atoms with E-state index in [0.29, 0.717) is 11.0 Å². The minimum atomic E-state index is -0.846. The predicted octanol–water partition coefficient (Wildman–Crippen LogP) is 0.801. The zero-order chi connectivity index (χ0) is 9.14. The van der Waals surface area contributed by atoms with E-state index in [-0.39, 0.29) is 6.54 Å². The van der Waals surface area contributed by atoms with E-state index in [1.807, 2.05) is 0 Å². The number of hydrogen-bond donors (Lipinski definition) is 1. The van der Waals surface area contributed by atoms with Crippen LogP contribution in [-0.4, -0.2) is 7.28 Å². The molecule has 0 aromatic heterocycles. The van der Waals surface area contributed by atoms with Gasteiger partial charge in [-0.15, -0.1) is 0 Å². The Morgan fingerprint density at radius 2 is 1.92 bits per heavy atom. The molecule has 2 N–H and O–H groups in total. The lowest BCUT2D eigenvalue weighted by Crippen LogP contribution is -2.20. The second-order valence-corrected chi connectivity index (χ2v) is 2.46. The number of hydrogen-bond acceptors (Lipinski definition) is 1. The molecule has 0 amide bonds. The molecule has 0 aliphatic carbocycles. The summed E-state index contributed by atoms with van der Waals surface area (Å²) in [5.74, 6) is -1.68. The Balaban J connectivity index is 3.19. The van der Waals surface area contributed by atoms with Crippen molar-refractivity contribution in [1.29, 1.82) is 0 Å². The minimum Gasteiger partial charge on any atom is -0.327 e. The van der Waals surface area contributed by atoms with Gasteiger partial charge in [0.05, 0.1) is 0 Å². The summed E-state index contributed by atoms with van der Waals surface area (Å²) in [6.07, 6.45) is 0. The molecule has 63 valence electrons. The van der Waals surface area contributed by atoms with Crippen LogP contribution in [0.15, 0.2) is 12.1 Å². The van der Waals surface area contributed by atoms with Crippen molar-refractivity contribution in [2.75, 3.05) is 0 Å². The van der Waals surface area contributed by atoms with Gasteiger partial charge in [0.15, 0.2) is 11.6 Å². The van der Waals surface area contributed by atoms with Gasteiger partial charge in [0, 0.05) is 6.54 Å². The Labute approximate surface area is 70.8 Å². The van der Waals surface area contributed by atoms with Crippen molar-refractivity contribution in [3.05, 3.63) is 29.3 Å². The third-order valence-corrected chi connectivity index (χ3v) is 1.71. The van der Waals surface area contributed by atoms with E-state index in [2.05, 4.69) is 0 Å². The summed E-state index contributed by atoms with van der Waals surface area (Å²) < 4.78 is 25.3. The molecule has 0 saturated carbocycles.